The first-order valence-electron chi connectivity index (χ1n) is 3.05. The third-order valence-electron chi connectivity index (χ3n) is 1.04. The molecular weight excluding hydrogens is 264 g/mol. The Balaban J connectivity index is 2.55. The van der Waals surface area contributed by atoms with Crippen molar-refractivity contribution in [1.82, 2.24) is 0 Å². The summed E-state index contributed by atoms with van der Waals surface area (Å²) in [4.78, 5) is 0.882. The fraction of sp³-hybridized carbons (Fsp3) is 0.333. The minimum atomic E-state index is -3.32. The molecule has 3 nitrogen and oxygen atoms in total. The SMILES string of the molecule is CS(=O)(=O)OCc1cc(Br)cs1. The van der Waals surface area contributed by atoms with E-state index in [2.05, 4.69) is 20.1 Å². The van der Waals surface area contributed by atoms with E-state index in [-0.39, 0.29) is 6.61 Å². The number of halogens is 1. The number of rotatable bonds is 3. The second-order valence-electron chi connectivity index (χ2n) is 2.20. The molecule has 0 spiro atoms. The van der Waals surface area contributed by atoms with Crippen LogP contribution >= 0.6 is 27.3 Å². The lowest BCUT2D eigenvalue weighted by molar-refractivity contribution is 0.315. The molecule has 0 atom stereocenters. The first-order valence-corrected chi connectivity index (χ1v) is 6.53. The van der Waals surface area contributed by atoms with Crippen LogP contribution in [-0.4, -0.2) is 14.7 Å². The molecule has 1 aromatic heterocycles. The molecule has 1 rings (SSSR count). The van der Waals surface area contributed by atoms with Crippen molar-refractivity contribution in [3.63, 3.8) is 0 Å². The molecule has 12 heavy (non-hydrogen) atoms. The molecule has 0 aliphatic rings. The van der Waals surface area contributed by atoms with Gasteiger partial charge < -0.3 is 0 Å². The highest BCUT2D eigenvalue weighted by molar-refractivity contribution is 9.10. The molecule has 0 radical (unpaired) electrons. The molecule has 1 aromatic rings. The molecule has 0 aliphatic carbocycles. The van der Waals surface area contributed by atoms with Crippen molar-refractivity contribution in [3.05, 3.63) is 20.8 Å². The minimum absolute atomic E-state index is 0.120. The van der Waals surface area contributed by atoms with Gasteiger partial charge in [-0.2, -0.15) is 8.42 Å². The van der Waals surface area contributed by atoms with Crippen molar-refractivity contribution in [1.29, 1.82) is 0 Å². The highest BCUT2D eigenvalue weighted by Crippen LogP contribution is 2.20. The minimum Gasteiger partial charge on any atom is -0.265 e. The molecule has 1 heterocycles. The lowest BCUT2D eigenvalue weighted by atomic mass is 10.5. The van der Waals surface area contributed by atoms with E-state index in [0.717, 1.165) is 15.6 Å². The maximum absolute atomic E-state index is 10.6. The topological polar surface area (TPSA) is 43.4 Å². The fourth-order valence-electron chi connectivity index (χ4n) is 0.595. The lowest BCUT2D eigenvalue weighted by Crippen LogP contribution is -2.01. The monoisotopic (exact) mass is 270 g/mol. The summed E-state index contributed by atoms with van der Waals surface area (Å²) in [6, 6.07) is 1.83. The third kappa shape index (κ3) is 3.66. The van der Waals surface area contributed by atoms with E-state index in [4.69, 9.17) is 0 Å². The Morgan fingerprint density at radius 3 is 2.75 bits per heavy atom. The summed E-state index contributed by atoms with van der Waals surface area (Å²) in [6.07, 6.45) is 1.04. The third-order valence-corrected chi connectivity index (χ3v) is 3.25. The fourth-order valence-corrected chi connectivity index (χ4v) is 2.37. The van der Waals surface area contributed by atoms with Gasteiger partial charge in [0.05, 0.1) is 6.26 Å². The molecule has 0 amide bonds. The van der Waals surface area contributed by atoms with Crippen LogP contribution in [0.5, 0.6) is 0 Å². The zero-order valence-corrected chi connectivity index (χ0v) is 9.50. The van der Waals surface area contributed by atoms with Gasteiger partial charge in [0, 0.05) is 14.7 Å². The predicted octanol–water partition coefficient (Wildman–Crippen LogP) is 1.99. The zero-order chi connectivity index (χ0) is 9.19. The van der Waals surface area contributed by atoms with Crippen LogP contribution in [-0.2, 0) is 20.9 Å². The maximum atomic E-state index is 10.6. The summed E-state index contributed by atoms with van der Waals surface area (Å²) in [7, 11) is -3.32. The van der Waals surface area contributed by atoms with E-state index in [0.29, 0.717) is 0 Å². The van der Waals surface area contributed by atoms with E-state index in [1.165, 1.54) is 11.3 Å². The Hall–Kier alpha value is 0.0900. The summed E-state index contributed by atoms with van der Waals surface area (Å²) in [5.74, 6) is 0. The molecule has 0 bridgehead atoms. The normalized spacial score (nSPS) is 11.8. The van der Waals surface area contributed by atoms with Gasteiger partial charge in [-0.1, -0.05) is 0 Å². The first-order chi connectivity index (χ1) is 5.47. The van der Waals surface area contributed by atoms with E-state index in [1.54, 1.807) is 0 Å². The van der Waals surface area contributed by atoms with Crippen LogP contribution in [0.1, 0.15) is 4.88 Å². The molecule has 0 aliphatic heterocycles. The highest BCUT2D eigenvalue weighted by atomic mass is 79.9. The Bertz CT molecular complexity index is 355. The molecule has 0 fully saturated rings. The van der Waals surface area contributed by atoms with E-state index >= 15 is 0 Å². The molecule has 0 saturated carbocycles. The molecule has 0 N–H and O–H groups in total. The first kappa shape index (κ1) is 10.2. The number of hydrogen-bond acceptors (Lipinski definition) is 4. The van der Waals surface area contributed by atoms with Crippen molar-refractivity contribution < 1.29 is 12.6 Å². The van der Waals surface area contributed by atoms with Crippen molar-refractivity contribution in [2.75, 3.05) is 6.26 Å². The van der Waals surface area contributed by atoms with Crippen molar-refractivity contribution in [3.8, 4) is 0 Å². The predicted molar refractivity (Wildman–Crippen MR) is 51.7 cm³/mol. The standard InChI is InChI=1S/C6H7BrO3S2/c1-12(8,9)10-3-6-2-5(7)4-11-6/h2,4H,3H2,1H3. The van der Waals surface area contributed by atoms with Crippen molar-refractivity contribution in [2.45, 2.75) is 6.61 Å². The maximum Gasteiger partial charge on any atom is 0.264 e. The van der Waals surface area contributed by atoms with Gasteiger partial charge >= 0.3 is 0 Å². The van der Waals surface area contributed by atoms with Crippen LogP contribution in [0, 0.1) is 0 Å². The van der Waals surface area contributed by atoms with E-state index in [1.807, 2.05) is 11.4 Å². The smallest absolute Gasteiger partial charge is 0.264 e. The molecule has 0 saturated heterocycles. The van der Waals surface area contributed by atoms with Crippen molar-refractivity contribution in [2.24, 2.45) is 0 Å². The van der Waals surface area contributed by atoms with Gasteiger partial charge in [-0.05, 0) is 22.0 Å². The van der Waals surface area contributed by atoms with Gasteiger partial charge in [0.25, 0.3) is 10.1 Å². The Kier molecular flexibility index (Phi) is 3.28. The van der Waals surface area contributed by atoms with Crippen molar-refractivity contribution >= 4 is 37.4 Å². The Morgan fingerprint density at radius 1 is 1.67 bits per heavy atom. The van der Waals surface area contributed by atoms with Crippen LogP contribution in [0.15, 0.2) is 15.9 Å². The van der Waals surface area contributed by atoms with Crippen LogP contribution < -0.4 is 0 Å². The molecular formula is C6H7BrO3S2. The molecule has 0 unspecified atom stereocenters. The van der Waals surface area contributed by atoms with Crippen LogP contribution in [0.2, 0.25) is 0 Å². The van der Waals surface area contributed by atoms with Gasteiger partial charge in [-0.3, -0.25) is 4.18 Å². The number of thiophene rings is 1. The molecule has 6 heteroatoms. The van der Waals surface area contributed by atoms with Gasteiger partial charge in [0.2, 0.25) is 0 Å². The molecule has 0 aromatic carbocycles. The second kappa shape index (κ2) is 3.87. The van der Waals surface area contributed by atoms with Crippen LogP contribution in [0.25, 0.3) is 0 Å². The summed E-state index contributed by atoms with van der Waals surface area (Å²) in [5, 5.41) is 1.88. The Morgan fingerprint density at radius 2 is 2.33 bits per heavy atom. The van der Waals surface area contributed by atoms with Crippen LogP contribution in [0.3, 0.4) is 0 Å². The average Bonchev–Trinajstić information content (AvgIpc) is 2.30. The van der Waals surface area contributed by atoms with Gasteiger partial charge in [-0.15, -0.1) is 11.3 Å². The highest BCUT2D eigenvalue weighted by Gasteiger charge is 2.03. The zero-order valence-electron chi connectivity index (χ0n) is 6.28. The van der Waals surface area contributed by atoms with Gasteiger partial charge in [-0.25, -0.2) is 0 Å². The summed E-state index contributed by atoms with van der Waals surface area (Å²) < 4.78 is 26.7. The summed E-state index contributed by atoms with van der Waals surface area (Å²) >= 11 is 4.71. The summed E-state index contributed by atoms with van der Waals surface area (Å²) in [5.41, 5.74) is 0. The Labute approximate surface area is 83.6 Å². The average molecular weight is 271 g/mol. The lowest BCUT2D eigenvalue weighted by Gasteiger charge is -1.96. The second-order valence-corrected chi connectivity index (χ2v) is 5.75. The molecule has 68 valence electrons. The van der Waals surface area contributed by atoms with E-state index < -0.39 is 10.1 Å². The largest absolute Gasteiger partial charge is 0.265 e. The van der Waals surface area contributed by atoms with E-state index in [9.17, 15) is 8.42 Å². The van der Waals surface area contributed by atoms with Crippen LogP contribution in [0.4, 0.5) is 0 Å². The summed E-state index contributed by atoms with van der Waals surface area (Å²) in [6.45, 7) is 0.120. The van der Waals surface area contributed by atoms with Gasteiger partial charge in [0.1, 0.15) is 6.61 Å². The number of hydrogen-bond donors (Lipinski definition) is 0. The van der Waals surface area contributed by atoms with Gasteiger partial charge in [0.15, 0.2) is 0 Å². The quantitative estimate of drug-likeness (QED) is 0.789.